The molecule has 1 aliphatic carbocycles. The highest BCUT2D eigenvalue weighted by molar-refractivity contribution is 5.46. The number of nitrogen functional groups attached to an aromatic ring is 1. The second-order valence-corrected chi connectivity index (χ2v) is 4.18. The van der Waals surface area contributed by atoms with E-state index in [1.54, 1.807) is 13.2 Å². The van der Waals surface area contributed by atoms with Crippen molar-refractivity contribution in [3.63, 3.8) is 0 Å². The lowest BCUT2D eigenvalue weighted by Gasteiger charge is -2.07. The highest BCUT2D eigenvalue weighted by atomic mass is 16.5. The van der Waals surface area contributed by atoms with Gasteiger partial charge in [-0.1, -0.05) is 13.3 Å². The molecule has 2 atom stereocenters. The van der Waals surface area contributed by atoms with E-state index in [0.717, 1.165) is 11.7 Å². The number of ether oxygens (including phenoxy) is 1. The number of aromatic nitrogens is 2. The molecule has 88 valence electrons. The van der Waals surface area contributed by atoms with E-state index in [2.05, 4.69) is 22.2 Å². The molecule has 0 amide bonds. The minimum atomic E-state index is 0.390. The summed E-state index contributed by atoms with van der Waals surface area (Å²) in [5.74, 6) is 2.69. The smallest absolute Gasteiger partial charge is 0.158 e. The van der Waals surface area contributed by atoms with Crippen LogP contribution in [0.4, 0.5) is 11.6 Å². The quantitative estimate of drug-likeness (QED) is 0.788. The Morgan fingerprint density at radius 3 is 3.00 bits per heavy atom. The fraction of sp³-hybridized carbons (Fsp3) is 0.636. The van der Waals surface area contributed by atoms with Gasteiger partial charge >= 0.3 is 0 Å². The maximum Gasteiger partial charge on any atom is 0.158 e. The van der Waals surface area contributed by atoms with E-state index < -0.39 is 0 Å². The monoisotopic (exact) mass is 222 g/mol. The average molecular weight is 222 g/mol. The fourth-order valence-corrected chi connectivity index (χ4v) is 1.85. The summed E-state index contributed by atoms with van der Waals surface area (Å²) in [5, 5.41) is 3.37. The van der Waals surface area contributed by atoms with Crippen LogP contribution in [0.25, 0.3) is 0 Å². The number of rotatable bonds is 5. The van der Waals surface area contributed by atoms with Crippen LogP contribution in [0.15, 0.2) is 6.07 Å². The first-order valence-electron chi connectivity index (χ1n) is 5.61. The van der Waals surface area contributed by atoms with Crippen molar-refractivity contribution in [1.82, 2.24) is 9.97 Å². The van der Waals surface area contributed by atoms with Crippen molar-refractivity contribution < 1.29 is 4.74 Å². The Morgan fingerprint density at radius 1 is 1.56 bits per heavy atom. The Balaban J connectivity index is 2.03. The first-order chi connectivity index (χ1) is 7.72. The summed E-state index contributed by atoms with van der Waals surface area (Å²) in [5.41, 5.74) is 5.71. The predicted octanol–water partition coefficient (Wildman–Crippen LogP) is 1.42. The lowest BCUT2D eigenvalue weighted by molar-refractivity contribution is 0.178. The molecule has 3 N–H and O–H groups in total. The molecular weight excluding hydrogens is 204 g/mol. The maximum atomic E-state index is 5.71. The first kappa shape index (κ1) is 11.1. The van der Waals surface area contributed by atoms with Crippen molar-refractivity contribution in [3.8, 4) is 0 Å². The Bertz CT molecular complexity index is 369. The molecule has 0 spiro atoms. The molecule has 1 heterocycles. The van der Waals surface area contributed by atoms with Gasteiger partial charge in [-0.15, -0.1) is 0 Å². The van der Waals surface area contributed by atoms with Gasteiger partial charge < -0.3 is 15.8 Å². The Hall–Kier alpha value is -1.36. The van der Waals surface area contributed by atoms with Gasteiger partial charge in [0.2, 0.25) is 0 Å². The molecule has 2 unspecified atom stereocenters. The molecule has 0 saturated heterocycles. The second-order valence-electron chi connectivity index (χ2n) is 4.18. The lowest BCUT2D eigenvalue weighted by atomic mass is 10.3. The summed E-state index contributed by atoms with van der Waals surface area (Å²) in [6, 6.07) is 2.32. The van der Waals surface area contributed by atoms with Gasteiger partial charge in [0.05, 0.1) is 0 Å². The lowest BCUT2D eigenvalue weighted by Crippen LogP contribution is -2.09. The molecular formula is C11H18N4O. The van der Waals surface area contributed by atoms with Gasteiger partial charge in [0.15, 0.2) is 5.82 Å². The van der Waals surface area contributed by atoms with E-state index in [9.17, 15) is 0 Å². The van der Waals surface area contributed by atoms with Gasteiger partial charge in [0.25, 0.3) is 0 Å². The van der Waals surface area contributed by atoms with Crippen LogP contribution in [0.2, 0.25) is 0 Å². The average Bonchev–Trinajstić information content (AvgIpc) is 2.96. The van der Waals surface area contributed by atoms with Gasteiger partial charge in [-0.05, 0) is 12.3 Å². The first-order valence-corrected chi connectivity index (χ1v) is 5.61. The van der Waals surface area contributed by atoms with E-state index in [1.165, 1.54) is 12.8 Å². The highest BCUT2D eigenvalue weighted by Crippen LogP contribution is 2.35. The molecule has 1 aromatic heterocycles. The topological polar surface area (TPSA) is 73.1 Å². The number of hydrogen-bond donors (Lipinski definition) is 2. The van der Waals surface area contributed by atoms with Gasteiger partial charge in [0, 0.05) is 19.2 Å². The molecule has 5 nitrogen and oxygen atoms in total. The molecule has 1 aliphatic rings. The Labute approximate surface area is 95.4 Å². The van der Waals surface area contributed by atoms with Crippen LogP contribution in [0.5, 0.6) is 0 Å². The summed E-state index contributed by atoms with van der Waals surface area (Å²) in [4.78, 5) is 8.44. The number of nitrogens with zero attached hydrogens (tertiary/aromatic N) is 2. The van der Waals surface area contributed by atoms with E-state index in [4.69, 9.17) is 10.5 Å². The summed E-state index contributed by atoms with van der Waals surface area (Å²) in [6.07, 6.45) is 2.43. The molecule has 0 aromatic carbocycles. The van der Waals surface area contributed by atoms with Crippen LogP contribution >= 0.6 is 0 Å². The van der Waals surface area contributed by atoms with Crippen LogP contribution in [0, 0.1) is 5.92 Å². The third kappa shape index (κ3) is 2.61. The van der Waals surface area contributed by atoms with E-state index in [-0.39, 0.29) is 0 Å². The summed E-state index contributed by atoms with van der Waals surface area (Å²) < 4.78 is 4.99. The molecule has 1 fully saturated rings. The number of nitrogens with one attached hydrogen (secondary N) is 1. The molecule has 16 heavy (non-hydrogen) atoms. The Morgan fingerprint density at radius 2 is 2.38 bits per heavy atom. The standard InChI is InChI=1S/C11H18N4O/c1-3-7-4-8(7)13-10-5-9(12)14-11(15-10)6-16-2/h5,7-8H,3-4,6H2,1-2H3,(H3,12,13,14,15). The van der Waals surface area contributed by atoms with E-state index in [1.807, 2.05) is 0 Å². The molecule has 1 aromatic rings. The van der Waals surface area contributed by atoms with Crippen LogP contribution < -0.4 is 11.1 Å². The number of methoxy groups -OCH3 is 1. The van der Waals surface area contributed by atoms with Crippen LogP contribution in [0.1, 0.15) is 25.6 Å². The molecule has 0 aliphatic heterocycles. The predicted molar refractivity (Wildman–Crippen MR) is 63.0 cm³/mol. The zero-order valence-electron chi connectivity index (χ0n) is 9.73. The van der Waals surface area contributed by atoms with Gasteiger partial charge in [-0.25, -0.2) is 9.97 Å². The fourth-order valence-electron chi connectivity index (χ4n) is 1.85. The van der Waals surface area contributed by atoms with Crippen LogP contribution in [-0.2, 0) is 11.3 Å². The maximum absolute atomic E-state index is 5.71. The molecule has 2 rings (SSSR count). The second kappa shape index (κ2) is 4.65. The van der Waals surface area contributed by atoms with Crippen molar-refractivity contribution in [2.45, 2.75) is 32.4 Å². The molecule has 0 radical (unpaired) electrons. The minimum Gasteiger partial charge on any atom is -0.384 e. The van der Waals surface area contributed by atoms with E-state index in [0.29, 0.717) is 24.3 Å². The van der Waals surface area contributed by atoms with Crippen molar-refractivity contribution >= 4 is 11.6 Å². The van der Waals surface area contributed by atoms with Crippen molar-refractivity contribution in [1.29, 1.82) is 0 Å². The zero-order chi connectivity index (χ0) is 11.5. The highest BCUT2D eigenvalue weighted by Gasteiger charge is 2.35. The number of nitrogens with two attached hydrogens (primary N) is 1. The largest absolute Gasteiger partial charge is 0.384 e. The minimum absolute atomic E-state index is 0.390. The number of hydrogen-bond acceptors (Lipinski definition) is 5. The third-order valence-electron chi connectivity index (χ3n) is 2.85. The van der Waals surface area contributed by atoms with Crippen molar-refractivity contribution in [2.24, 2.45) is 5.92 Å². The number of anilines is 2. The van der Waals surface area contributed by atoms with Gasteiger partial charge in [0.1, 0.15) is 18.2 Å². The van der Waals surface area contributed by atoms with Crippen LogP contribution in [-0.4, -0.2) is 23.1 Å². The third-order valence-corrected chi connectivity index (χ3v) is 2.85. The summed E-state index contributed by atoms with van der Waals surface area (Å²) >= 11 is 0. The molecule has 5 heteroatoms. The normalized spacial score (nSPS) is 23.1. The van der Waals surface area contributed by atoms with Crippen molar-refractivity contribution in [3.05, 3.63) is 11.9 Å². The molecule has 1 saturated carbocycles. The summed E-state index contributed by atoms with van der Waals surface area (Å²) in [7, 11) is 1.62. The SMILES string of the molecule is CCC1CC1Nc1cc(N)nc(COC)n1. The molecule has 0 bridgehead atoms. The van der Waals surface area contributed by atoms with E-state index >= 15 is 0 Å². The zero-order valence-corrected chi connectivity index (χ0v) is 9.73. The van der Waals surface area contributed by atoms with Gasteiger partial charge in [-0.3, -0.25) is 0 Å². The van der Waals surface area contributed by atoms with Gasteiger partial charge in [-0.2, -0.15) is 0 Å². The van der Waals surface area contributed by atoms with Crippen LogP contribution in [0.3, 0.4) is 0 Å². The van der Waals surface area contributed by atoms with Crippen molar-refractivity contribution in [2.75, 3.05) is 18.2 Å². The summed E-state index contributed by atoms with van der Waals surface area (Å²) in [6.45, 7) is 2.60. The Kier molecular flexibility index (Phi) is 3.24.